The van der Waals surface area contributed by atoms with E-state index < -0.39 is 0 Å². The Hall–Kier alpha value is -1.62. The van der Waals surface area contributed by atoms with Crippen LogP contribution in [0.15, 0.2) is 42.5 Å². The van der Waals surface area contributed by atoms with Gasteiger partial charge in [0.1, 0.15) is 5.82 Å². The highest BCUT2D eigenvalue weighted by Gasteiger charge is 2.17. The molecule has 0 saturated carbocycles. The lowest BCUT2D eigenvalue weighted by Gasteiger charge is -2.23. The second kappa shape index (κ2) is 8.47. The molecule has 0 aliphatic heterocycles. The van der Waals surface area contributed by atoms with E-state index in [-0.39, 0.29) is 30.2 Å². The predicted molar refractivity (Wildman–Crippen MR) is 97.1 cm³/mol. The summed E-state index contributed by atoms with van der Waals surface area (Å²) >= 11 is 11.9. The first-order chi connectivity index (χ1) is 11.4. The molecule has 128 valence electrons. The smallest absolute Gasteiger partial charge is 0.238 e. The van der Waals surface area contributed by atoms with Crippen LogP contribution in [-0.2, 0) is 4.79 Å². The zero-order valence-electron chi connectivity index (χ0n) is 13.4. The molecular formula is C18H19Cl2FN2O. The molecule has 0 bridgehead atoms. The molecular weight excluding hydrogens is 350 g/mol. The largest absolute Gasteiger partial charge is 0.324 e. The second-order valence-corrected chi connectivity index (χ2v) is 6.67. The molecule has 2 aromatic carbocycles. The van der Waals surface area contributed by atoms with Gasteiger partial charge in [0.25, 0.3) is 0 Å². The maximum Gasteiger partial charge on any atom is 0.238 e. The Bertz CT molecular complexity index is 705. The van der Waals surface area contributed by atoms with Crippen LogP contribution in [0, 0.1) is 11.7 Å². The molecule has 0 unspecified atom stereocenters. The van der Waals surface area contributed by atoms with Gasteiger partial charge in [0.15, 0.2) is 0 Å². The molecule has 1 atom stereocenters. The van der Waals surface area contributed by atoms with Crippen molar-refractivity contribution in [2.24, 2.45) is 5.92 Å². The average molecular weight is 369 g/mol. The standard InChI is InChI=1S/C18H19Cl2FN2O/c1-11(2)18(12-3-6-14(21)7-4-12)22-10-17(24)23-16-9-13(19)5-8-15(16)20/h3-9,11,18,22H,10H2,1-2H3,(H,23,24)/t18-/m1/s1. The Balaban J connectivity index is 2.00. The van der Waals surface area contributed by atoms with Crippen molar-refractivity contribution in [1.29, 1.82) is 0 Å². The van der Waals surface area contributed by atoms with Gasteiger partial charge >= 0.3 is 0 Å². The minimum absolute atomic E-state index is 0.0637. The van der Waals surface area contributed by atoms with E-state index in [0.29, 0.717) is 15.7 Å². The zero-order valence-corrected chi connectivity index (χ0v) is 15.0. The maximum absolute atomic E-state index is 13.1. The van der Waals surface area contributed by atoms with Crippen LogP contribution >= 0.6 is 23.2 Å². The van der Waals surface area contributed by atoms with E-state index in [2.05, 4.69) is 10.6 Å². The van der Waals surface area contributed by atoms with E-state index >= 15 is 0 Å². The summed E-state index contributed by atoms with van der Waals surface area (Å²) in [5.74, 6) is -0.278. The lowest BCUT2D eigenvalue weighted by Crippen LogP contribution is -2.33. The van der Waals surface area contributed by atoms with Crippen molar-refractivity contribution in [2.45, 2.75) is 19.9 Å². The van der Waals surface area contributed by atoms with Crippen LogP contribution in [-0.4, -0.2) is 12.5 Å². The molecule has 0 aliphatic carbocycles. The Morgan fingerprint density at radius 1 is 1.12 bits per heavy atom. The number of nitrogens with one attached hydrogen (secondary N) is 2. The summed E-state index contributed by atoms with van der Waals surface area (Å²) in [4.78, 5) is 12.2. The number of hydrogen-bond donors (Lipinski definition) is 2. The van der Waals surface area contributed by atoms with Gasteiger partial charge in [-0.05, 0) is 41.8 Å². The molecule has 0 aliphatic rings. The molecule has 24 heavy (non-hydrogen) atoms. The van der Waals surface area contributed by atoms with Crippen LogP contribution in [0.4, 0.5) is 10.1 Å². The lowest BCUT2D eigenvalue weighted by molar-refractivity contribution is -0.115. The quantitative estimate of drug-likeness (QED) is 0.748. The summed E-state index contributed by atoms with van der Waals surface area (Å²) in [6.07, 6.45) is 0. The SMILES string of the molecule is CC(C)[C@@H](NCC(=O)Nc1cc(Cl)ccc1Cl)c1ccc(F)cc1. The van der Waals surface area contributed by atoms with E-state index in [1.54, 1.807) is 30.3 Å². The van der Waals surface area contributed by atoms with Crippen LogP contribution in [0.3, 0.4) is 0 Å². The molecule has 0 spiro atoms. The fraction of sp³-hybridized carbons (Fsp3) is 0.278. The molecule has 0 saturated heterocycles. The number of halogens is 3. The van der Waals surface area contributed by atoms with Gasteiger partial charge in [-0.15, -0.1) is 0 Å². The van der Waals surface area contributed by atoms with Crippen molar-refractivity contribution in [3.05, 3.63) is 63.9 Å². The van der Waals surface area contributed by atoms with Gasteiger partial charge in [-0.25, -0.2) is 4.39 Å². The molecule has 0 heterocycles. The number of rotatable bonds is 6. The molecule has 2 N–H and O–H groups in total. The van der Waals surface area contributed by atoms with Crippen molar-refractivity contribution in [3.63, 3.8) is 0 Å². The minimum atomic E-state index is -0.283. The van der Waals surface area contributed by atoms with E-state index in [1.165, 1.54) is 12.1 Å². The first-order valence-electron chi connectivity index (χ1n) is 7.60. The van der Waals surface area contributed by atoms with Gasteiger partial charge in [0.05, 0.1) is 17.3 Å². The van der Waals surface area contributed by atoms with Gasteiger partial charge in [-0.1, -0.05) is 49.2 Å². The number of carbonyl (C=O) groups is 1. The lowest BCUT2D eigenvalue weighted by atomic mass is 9.96. The van der Waals surface area contributed by atoms with E-state index in [1.807, 2.05) is 13.8 Å². The number of anilines is 1. The third kappa shape index (κ3) is 5.20. The van der Waals surface area contributed by atoms with Crippen molar-refractivity contribution in [3.8, 4) is 0 Å². The van der Waals surface area contributed by atoms with E-state index in [4.69, 9.17) is 23.2 Å². The number of hydrogen-bond acceptors (Lipinski definition) is 2. The van der Waals surface area contributed by atoms with Crippen LogP contribution in [0.5, 0.6) is 0 Å². The maximum atomic E-state index is 13.1. The summed E-state index contributed by atoms with van der Waals surface area (Å²) < 4.78 is 13.1. The highest BCUT2D eigenvalue weighted by molar-refractivity contribution is 6.35. The summed E-state index contributed by atoms with van der Waals surface area (Å²) in [5.41, 5.74) is 1.40. The highest BCUT2D eigenvalue weighted by atomic mass is 35.5. The average Bonchev–Trinajstić information content (AvgIpc) is 2.52. The molecule has 0 fully saturated rings. The highest BCUT2D eigenvalue weighted by Crippen LogP contribution is 2.25. The molecule has 0 aromatic heterocycles. The van der Waals surface area contributed by atoms with E-state index in [0.717, 1.165) is 5.56 Å². The summed E-state index contributed by atoms with van der Waals surface area (Å²) in [6, 6.07) is 11.1. The van der Waals surface area contributed by atoms with Crippen molar-refractivity contribution in [1.82, 2.24) is 5.32 Å². The Labute approximate surface area is 151 Å². The number of amides is 1. The van der Waals surface area contributed by atoms with Crippen LogP contribution in [0.25, 0.3) is 0 Å². The van der Waals surface area contributed by atoms with Gasteiger partial charge in [0.2, 0.25) is 5.91 Å². The first-order valence-corrected chi connectivity index (χ1v) is 8.36. The molecule has 2 aromatic rings. The van der Waals surface area contributed by atoms with Gasteiger partial charge in [-0.2, -0.15) is 0 Å². The zero-order chi connectivity index (χ0) is 17.7. The fourth-order valence-corrected chi connectivity index (χ4v) is 2.74. The van der Waals surface area contributed by atoms with E-state index in [9.17, 15) is 9.18 Å². The number of benzene rings is 2. The second-order valence-electron chi connectivity index (χ2n) is 5.83. The van der Waals surface area contributed by atoms with Gasteiger partial charge < -0.3 is 10.6 Å². The third-order valence-electron chi connectivity index (χ3n) is 3.58. The minimum Gasteiger partial charge on any atom is -0.324 e. The van der Waals surface area contributed by atoms with Crippen LogP contribution < -0.4 is 10.6 Å². The fourth-order valence-electron chi connectivity index (χ4n) is 2.40. The molecule has 3 nitrogen and oxygen atoms in total. The molecule has 6 heteroatoms. The summed E-state index contributed by atoms with van der Waals surface area (Å²) in [7, 11) is 0. The Morgan fingerprint density at radius 3 is 2.42 bits per heavy atom. The molecule has 1 amide bonds. The Morgan fingerprint density at radius 2 is 1.79 bits per heavy atom. The molecule has 2 rings (SSSR count). The van der Waals surface area contributed by atoms with Gasteiger partial charge in [-0.3, -0.25) is 4.79 Å². The monoisotopic (exact) mass is 368 g/mol. The normalized spacial score (nSPS) is 12.2. The van der Waals surface area contributed by atoms with Crippen molar-refractivity contribution in [2.75, 3.05) is 11.9 Å². The molecule has 0 radical (unpaired) electrons. The van der Waals surface area contributed by atoms with Gasteiger partial charge in [0, 0.05) is 11.1 Å². The van der Waals surface area contributed by atoms with Crippen LogP contribution in [0.1, 0.15) is 25.5 Å². The third-order valence-corrected chi connectivity index (χ3v) is 4.15. The van der Waals surface area contributed by atoms with Crippen molar-refractivity contribution >= 4 is 34.8 Å². The van der Waals surface area contributed by atoms with Crippen molar-refractivity contribution < 1.29 is 9.18 Å². The summed E-state index contributed by atoms with van der Waals surface area (Å²) in [6.45, 7) is 4.17. The first kappa shape index (κ1) is 18.7. The van der Waals surface area contributed by atoms with Crippen LogP contribution in [0.2, 0.25) is 10.0 Å². The summed E-state index contributed by atoms with van der Waals surface area (Å²) in [5, 5.41) is 6.84. The number of carbonyl (C=O) groups excluding carboxylic acids is 1. The topological polar surface area (TPSA) is 41.1 Å². The Kier molecular flexibility index (Phi) is 6.60. The predicted octanol–water partition coefficient (Wildman–Crippen LogP) is 5.06.